The van der Waals surface area contributed by atoms with Gasteiger partial charge in [-0.1, -0.05) is 18.2 Å². The number of likely N-dealkylation sites (tertiary alicyclic amines) is 1. The Morgan fingerprint density at radius 2 is 1.97 bits per heavy atom. The Bertz CT molecular complexity index is 1010. The minimum Gasteiger partial charge on any atom is -0.496 e. The Labute approximate surface area is 169 Å². The summed E-state index contributed by atoms with van der Waals surface area (Å²) in [6.07, 6.45) is 5.11. The highest BCUT2D eigenvalue weighted by molar-refractivity contribution is 6.01. The number of hydrogen-bond acceptors (Lipinski definition) is 4. The molecule has 0 radical (unpaired) electrons. The highest BCUT2D eigenvalue weighted by atomic mass is 16.5. The molecule has 2 heterocycles. The second-order valence-electron chi connectivity index (χ2n) is 7.16. The van der Waals surface area contributed by atoms with Gasteiger partial charge in [-0.05, 0) is 49.2 Å². The number of ether oxygens (including phenoxy) is 1. The second-order valence-corrected chi connectivity index (χ2v) is 7.16. The van der Waals surface area contributed by atoms with E-state index in [1.165, 1.54) is 0 Å². The molecule has 3 aromatic rings. The van der Waals surface area contributed by atoms with E-state index in [1.54, 1.807) is 41.1 Å². The van der Waals surface area contributed by atoms with Gasteiger partial charge in [0, 0.05) is 37.0 Å². The lowest BCUT2D eigenvalue weighted by Gasteiger charge is -2.32. The minimum absolute atomic E-state index is 0.0326. The molecule has 148 valence electrons. The molecule has 1 aliphatic rings. The molecule has 6 nitrogen and oxygen atoms in total. The zero-order chi connectivity index (χ0) is 20.2. The Hall–Kier alpha value is -3.41. The van der Waals surface area contributed by atoms with Crippen LogP contribution in [0, 0.1) is 5.92 Å². The minimum atomic E-state index is -0.224. The van der Waals surface area contributed by atoms with Crippen LogP contribution in [0.3, 0.4) is 0 Å². The molecule has 1 saturated heterocycles. The van der Waals surface area contributed by atoms with Crippen LogP contribution < -0.4 is 4.74 Å². The molecule has 0 unspecified atom stereocenters. The molecule has 1 aromatic heterocycles. The maximum atomic E-state index is 13.1. The van der Waals surface area contributed by atoms with Crippen LogP contribution >= 0.6 is 0 Å². The number of carbonyl (C=O) groups excluding carboxylic acids is 2. The third kappa shape index (κ3) is 3.92. The molecule has 0 N–H and O–H groups in total. The summed E-state index contributed by atoms with van der Waals surface area (Å²) in [4.78, 5) is 28.0. The van der Waals surface area contributed by atoms with Crippen molar-refractivity contribution in [3.63, 3.8) is 0 Å². The third-order valence-electron chi connectivity index (χ3n) is 5.31. The van der Waals surface area contributed by atoms with Crippen molar-refractivity contribution in [3.05, 3.63) is 78.1 Å². The van der Waals surface area contributed by atoms with Crippen molar-refractivity contribution in [1.82, 2.24) is 14.7 Å². The maximum Gasteiger partial charge on any atom is 0.253 e. The van der Waals surface area contributed by atoms with E-state index in [1.807, 2.05) is 42.6 Å². The molecule has 4 rings (SSSR count). The maximum absolute atomic E-state index is 13.1. The number of methoxy groups -OCH3 is 1. The highest BCUT2D eigenvalue weighted by Crippen LogP contribution is 2.27. The van der Waals surface area contributed by atoms with Crippen LogP contribution in [0.2, 0.25) is 0 Å². The fourth-order valence-electron chi connectivity index (χ4n) is 3.83. The van der Waals surface area contributed by atoms with Gasteiger partial charge in [0.2, 0.25) is 0 Å². The van der Waals surface area contributed by atoms with E-state index in [2.05, 4.69) is 5.10 Å². The van der Waals surface area contributed by atoms with Gasteiger partial charge in [-0.15, -0.1) is 0 Å². The fourth-order valence-corrected chi connectivity index (χ4v) is 3.83. The zero-order valence-electron chi connectivity index (χ0n) is 16.3. The topological polar surface area (TPSA) is 64.4 Å². The number of rotatable bonds is 5. The monoisotopic (exact) mass is 389 g/mol. The summed E-state index contributed by atoms with van der Waals surface area (Å²) < 4.78 is 7.06. The summed E-state index contributed by atoms with van der Waals surface area (Å²) in [5.74, 6) is 0.327. The molecule has 6 heteroatoms. The van der Waals surface area contributed by atoms with Crippen LogP contribution in [0.5, 0.6) is 5.75 Å². The molecular weight excluding hydrogens is 366 g/mol. The van der Waals surface area contributed by atoms with Crippen LogP contribution in [-0.2, 0) is 0 Å². The smallest absolute Gasteiger partial charge is 0.253 e. The van der Waals surface area contributed by atoms with Gasteiger partial charge in [-0.2, -0.15) is 5.10 Å². The molecule has 1 atom stereocenters. The predicted octanol–water partition coefficient (Wildman–Crippen LogP) is 3.62. The van der Waals surface area contributed by atoms with Crippen molar-refractivity contribution >= 4 is 11.7 Å². The largest absolute Gasteiger partial charge is 0.496 e. The molecule has 1 aliphatic heterocycles. The van der Waals surface area contributed by atoms with Gasteiger partial charge in [-0.3, -0.25) is 9.59 Å². The molecular formula is C23H23N3O3. The Morgan fingerprint density at radius 1 is 1.10 bits per heavy atom. The number of nitrogens with zero attached hydrogens (tertiary/aromatic N) is 3. The molecule has 1 amide bonds. The van der Waals surface area contributed by atoms with E-state index < -0.39 is 0 Å². The summed E-state index contributed by atoms with van der Waals surface area (Å²) in [7, 11) is 1.56. The molecule has 0 spiro atoms. The Morgan fingerprint density at radius 3 is 2.76 bits per heavy atom. The van der Waals surface area contributed by atoms with E-state index in [-0.39, 0.29) is 17.6 Å². The quantitative estimate of drug-likeness (QED) is 0.625. The molecule has 29 heavy (non-hydrogen) atoms. The number of para-hydroxylation sites is 1. The van der Waals surface area contributed by atoms with Crippen LogP contribution in [0.4, 0.5) is 0 Å². The van der Waals surface area contributed by atoms with Crippen molar-refractivity contribution in [2.75, 3.05) is 20.2 Å². The number of Topliss-reactive ketones (excluding diaryl/α,β-unsaturated/α-hetero) is 1. The normalized spacial score (nSPS) is 16.4. The third-order valence-corrected chi connectivity index (χ3v) is 5.31. The number of amides is 1. The lowest BCUT2D eigenvalue weighted by atomic mass is 9.89. The molecule has 0 aliphatic carbocycles. The van der Waals surface area contributed by atoms with E-state index in [0.29, 0.717) is 30.0 Å². The van der Waals surface area contributed by atoms with Gasteiger partial charge in [0.05, 0.1) is 18.4 Å². The summed E-state index contributed by atoms with van der Waals surface area (Å²) in [6.45, 7) is 1.07. The number of piperidine rings is 1. The highest BCUT2D eigenvalue weighted by Gasteiger charge is 2.30. The number of aromatic nitrogens is 2. The van der Waals surface area contributed by atoms with Gasteiger partial charge >= 0.3 is 0 Å². The SMILES string of the molecule is COc1ccccc1C(=O)[C@H]1CCCN(C(=O)c2cccc(-n3cccn3)c2)C1. The average Bonchev–Trinajstić information content (AvgIpc) is 3.33. The number of benzene rings is 2. The van der Waals surface area contributed by atoms with Crippen LogP contribution in [0.1, 0.15) is 33.6 Å². The predicted molar refractivity (Wildman–Crippen MR) is 110 cm³/mol. The standard InChI is InChI=1S/C23H23N3O3/c1-29-21-11-3-2-10-20(21)22(27)18-8-5-13-25(16-18)23(28)17-7-4-9-19(15-17)26-14-6-12-24-26/h2-4,6-7,9-12,14-15,18H,5,8,13,16H2,1H3/t18-/m0/s1. The van der Waals surface area contributed by atoms with E-state index >= 15 is 0 Å². The summed E-state index contributed by atoms with van der Waals surface area (Å²) in [5, 5.41) is 4.22. The molecule has 0 saturated carbocycles. The zero-order valence-corrected chi connectivity index (χ0v) is 16.3. The van der Waals surface area contributed by atoms with Crippen molar-refractivity contribution in [3.8, 4) is 11.4 Å². The van der Waals surface area contributed by atoms with Gasteiger partial charge < -0.3 is 9.64 Å². The van der Waals surface area contributed by atoms with Crippen molar-refractivity contribution in [2.45, 2.75) is 12.8 Å². The van der Waals surface area contributed by atoms with Crippen molar-refractivity contribution < 1.29 is 14.3 Å². The first kappa shape index (κ1) is 18.9. The Kier molecular flexibility index (Phi) is 5.42. The van der Waals surface area contributed by atoms with E-state index in [9.17, 15) is 9.59 Å². The Balaban J connectivity index is 1.52. The van der Waals surface area contributed by atoms with Crippen LogP contribution in [-0.4, -0.2) is 46.6 Å². The lowest BCUT2D eigenvalue weighted by molar-refractivity contribution is 0.0636. The van der Waals surface area contributed by atoms with Crippen molar-refractivity contribution in [1.29, 1.82) is 0 Å². The van der Waals surface area contributed by atoms with Gasteiger partial charge in [0.1, 0.15) is 5.75 Å². The number of hydrogen-bond donors (Lipinski definition) is 0. The summed E-state index contributed by atoms with van der Waals surface area (Å²) in [6, 6.07) is 16.5. The number of ketones is 1. The molecule has 0 bridgehead atoms. The van der Waals surface area contributed by atoms with Crippen LogP contribution in [0.15, 0.2) is 67.0 Å². The van der Waals surface area contributed by atoms with Gasteiger partial charge in [-0.25, -0.2) is 4.68 Å². The first-order chi connectivity index (χ1) is 14.2. The van der Waals surface area contributed by atoms with E-state index in [0.717, 1.165) is 18.5 Å². The van der Waals surface area contributed by atoms with E-state index in [4.69, 9.17) is 4.74 Å². The van der Waals surface area contributed by atoms with Crippen LogP contribution in [0.25, 0.3) is 5.69 Å². The second kappa shape index (κ2) is 8.31. The van der Waals surface area contributed by atoms with Crippen molar-refractivity contribution in [2.24, 2.45) is 5.92 Å². The summed E-state index contributed by atoms with van der Waals surface area (Å²) in [5.41, 5.74) is 2.01. The first-order valence-electron chi connectivity index (χ1n) is 9.74. The lowest BCUT2D eigenvalue weighted by Crippen LogP contribution is -2.42. The number of carbonyl (C=O) groups is 2. The molecule has 1 fully saturated rings. The average molecular weight is 389 g/mol. The van der Waals surface area contributed by atoms with Gasteiger partial charge in [0.15, 0.2) is 5.78 Å². The van der Waals surface area contributed by atoms with Gasteiger partial charge in [0.25, 0.3) is 5.91 Å². The molecule has 2 aromatic carbocycles. The fraction of sp³-hybridized carbons (Fsp3) is 0.261. The summed E-state index contributed by atoms with van der Waals surface area (Å²) >= 11 is 0. The first-order valence-corrected chi connectivity index (χ1v) is 9.74.